The Bertz CT molecular complexity index is 1030. The first-order chi connectivity index (χ1) is 13.3. The Balaban J connectivity index is 2.02. The van der Waals surface area contributed by atoms with Gasteiger partial charge in [0.25, 0.3) is 0 Å². The molecule has 0 aromatic heterocycles. The van der Waals surface area contributed by atoms with Crippen molar-refractivity contribution in [3.05, 3.63) is 78.4 Å². The van der Waals surface area contributed by atoms with E-state index in [1.54, 1.807) is 27.0 Å². The highest BCUT2D eigenvalue weighted by Crippen LogP contribution is 2.33. The minimum absolute atomic E-state index is 0.111. The summed E-state index contributed by atoms with van der Waals surface area (Å²) in [5.74, 6) is -0.111. The standard InChI is InChI=1S/C24H21BrN2O/c1-24(2,25)23(28)27(3)22-11-7-10-20(21(22)16-26)19-14-12-18(13-15-19)17-8-5-4-6-9-17/h4-15H,1-3H3. The van der Waals surface area contributed by atoms with E-state index in [-0.39, 0.29) is 5.91 Å². The first-order valence-corrected chi connectivity index (χ1v) is 9.78. The molecule has 0 unspecified atom stereocenters. The van der Waals surface area contributed by atoms with Gasteiger partial charge in [0, 0.05) is 12.6 Å². The highest BCUT2D eigenvalue weighted by atomic mass is 79.9. The van der Waals surface area contributed by atoms with E-state index in [1.807, 2.05) is 42.5 Å². The molecule has 0 aliphatic carbocycles. The van der Waals surface area contributed by atoms with E-state index in [4.69, 9.17) is 0 Å². The van der Waals surface area contributed by atoms with Crippen LogP contribution in [0.15, 0.2) is 72.8 Å². The normalized spacial score (nSPS) is 11.0. The van der Waals surface area contributed by atoms with Crippen LogP contribution in [0.25, 0.3) is 22.3 Å². The number of carbonyl (C=O) groups is 1. The molecule has 3 nitrogen and oxygen atoms in total. The molecular weight excluding hydrogens is 412 g/mol. The Morgan fingerprint density at radius 2 is 1.46 bits per heavy atom. The zero-order chi connectivity index (χ0) is 20.3. The monoisotopic (exact) mass is 432 g/mol. The van der Waals surface area contributed by atoms with Crippen LogP contribution in [0, 0.1) is 11.3 Å². The summed E-state index contributed by atoms with van der Waals surface area (Å²) >= 11 is 3.41. The minimum Gasteiger partial charge on any atom is -0.313 e. The number of benzene rings is 3. The molecule has 0 heterocycles. The maximum Gasteiger partial charge on any atom is 0.243 e. The van der Waals surface area contributed by atoms with Gasteiger partial charge in [0.1, 0.15) is 6.07 Å². The summed E-state index contributed by atoms with van der Waals surface area (Å²) in [5, 5.41) is 9.83. The fourth-order valence-electron chi connectivity index (χ4n) is 3.16. The third kappa shape index (κ3) is 4.00. The molecule has 0 N–H and O–H groups in total. The van der Waals surface area contributed by atoms with Crippen LogP contribution in [-0.4, -0.2) is 17.3 Å². The Morgan fingerprint density at radius 3 is 2.04 bits per heavy atom. The van der Waals surface area contributed by atoms with E-state index < -0.39 is 4.32 Å². The van der Waals surface area contributed by atoms with Crippen LogP contribution in [-0.2, 0) is 4.79 Å². The van der Waals surface area contributed by atoms with Gasteiger partial charge in [0.2, 0.25) is 5.91 Å². The molecule has 0 aliphatic rings. The van der Waals surface area contributed by atoms with E-state index in [0.717, 1.165) is 22.3 Å². The molecule has 3 aromatic rings. The summed E-state index contributed by atoms with van der Waals surface area (Å²) in [5.41, 5.74) is 5.11. The average molecular weight is 433 g/mol. The molecule has 0 spiro atoms. The van der Waals surface area contributed by atoms with Crippen molar-refractivity contribution in [1.82, 2.24) is 0 Å². The van der Waals surface area contributed by atoms with Crippen molar-refractivity contribution in [1.29, 1.82) is 5.26 Å². The van der Waals surface area contributed by atoms with Crippen LogP contribution >= 0.6 is 15.9 Å². The van der Waals surface area contributed by atoms with Crippen LogP contribution in [0.1, 0.15) is 19.4 Å². The smallest absolute Gasteiger partial charge is 0.243 e. The summed E-state index contributed by atoms with van der Waals surface area (Å²) in [4.78, 5) is 14.2. The van der Waals surface area contributed by atoms with Gasteiger partial charge < -0.3 is 4.90 Å². The number of hydrogen-bond acceptors (Lipinski definition) is 2. The van der Waals surface area contributed by atoms with Crippen LogP contribution in [0.2, 0.25) is 0 Å². The number of nitriles is 1. The molecule has 0 radical (unpaired) electrons. The second-order valence-electron chi connectivity index (χ2n) is 7.09. The molecule has 3 rings (SSSR count). The number of nitrogens with zero attached hydrogens (tertiary/aromatic N) is 2. The van der Waals surface area contributed by atoms with Crippen molar-refractivity contribution in [2.24, 2.45) is 0 Å². The highest BCUT2D eigenvalue weighted by molar-refractivity contribution is 9.10. The predicted octanol–water partition coefficient (Wildman–Crippen LogP) is 6.03. The summed E-state index contributed by atoms with van der Waals surface area (Å²) in [6.07, 6.45) is 0. The third-order valence-electron chi connectivity index (χ3n) is 4.63. The number of amides is 1. The van der Waals surface area contributed by atoms with Crippen molar-refractivity contribution in [2.75, 3.05) is 11.9 Å². The largest absolute Gasteiger partial charge is 0.313 e. The lowest BCUT2D eigenvalue weighted by Gasteiger charge is -2.26. The van der Waals surface area contributed by atoms with Gasteiger partial charge in [0.05, 0.1) is 15.6 Å². The van der Waals surface area contributed by atoms with E-state index in [2.05, 4.69) is 46.3 Å². The lowest BCUT2D eigenvalue weighted by molar-refractivity contribution is -0.119. The number of alkyl halides is 1. The van der Waals surface area contributed by atoms with E-state index in [0.29, 0.717) is 11.3 Å². The van der Waals surface area contributed by atoms with Crippen molar-refractivity contribution < 1.29 is 4.79 Å². The number of anilines is 1. The molecule has 0 aliphatic heterocycles. The second-order valence-corrected chi connectivity index (χ2v) is 9.07. The minimum atomic E-state index is -0.707. The lowest BCUT2D eigenvalue weighted by Crippen LogP contribution is -2.39. The summed E-state index contributed by atoms with van der Waals surface area (Å²) in [6.45, 7) is 3.59. The lowest BCUT2D eigenvalue weighted by atomic mass is 9.96. The van der Waals surface area contributed by atoms with E-state index in [9.17, 15) is 10.1 Å². The van der Waals surface area contributed by atoms with Gasteiger partial charge in [-0.25, -0.2) is 0 Å². The first kappa shape index (κ1) is 19.9. The summed E-state index contributed by atoms with van der Waals surface area (Å²) in [6, 6.07) is 26.2. The zero-order valence-electron chi connectivity index (χ0n) is 16.1. The van der Waals surface area contributed by atoms with Crippen molar-refractivity contribution >= 4 is 27.5 Å². The third-order valence-corrected chi connectivity index (χ3v) is 4.97. The van der Waals surface area contributed by atoms with E-state index >= 15 is 0 Å². The molecule has 28 heavy (non-hydrogen) atoms. The maximum atomic E-state index is 12.7. The Labute approximate surface area is 174 Å². The summed E-state index contributed by atoms with van der Waals surface area (Å²) in [7, 11) is 1.70. The molecular formula is C24H21BrN2O. The van der Waals surface area contributed by atoms with Gasteiger partial charge in [-0.2, -0.15) is 5.26 Å². The number of rotatable bonds is 4. The maximum absolute atomic E-state index is 12.7. The van der Waals surface area contributed by atoms with Crippen LogP contribution in [0.5, 0.6) is 0 Å². The molecule has 0 saturated heterocycles. The van der Waals surface area contributed by atoms with Gasteiger partial charge in [0.15, 0.2) is 0 Å². The predicted molar refractivity (Wildman–Crippen MR) is 118 cm³/mol. The second kappa shape index (κ2) is 8.00. The Kier molecular flexibility index (Phi) is 5.67. The van der Waals surface area contributed by atoms with Gasteiger partial charge in [-0.1, -0.05) is 82.7 Å². The quantitative estimate of drug-likeness (QED) is 0.472. The van der Waals surface area contributed by atoms with Crippen molar-refractivity contribution in [2.45, 2.75) is 18.2 Å². The first-order valence-electron chi connectivity index (χ1n) is 8.99. The number of carbonyl (C=O) groups excluding carboxylic acids is 1. The van der Waals surface area contributed by atoms with Crippen LogP contribution in [0.3, 0.4) is 0 Å². The van der Waals surface area contributed by atoms with Gasteiger partial charge >= 0.3 is 0 Å². The fraction of sp³-hybridized carbons (Fsp3) is 0.167. The molecule has 1 amide bonds. The van der Waals surface area contributed by atoms with E-state index in [1.165, 1.54) is 4.90 Å². The molecule has 3 aromatic carbocycles. The SMILES string of the molecule is CN(C(=O)C(C)(C)Br)c1cccc(-c2ccc(-c3ccccc3)cc2)c1C#N. The molecule has 140 valence electrons. The van der Waals surface area contributed by atoms with Gasteiger partial charge in [-0.05, 0) is 36.6 Å². The topological polar surface area (TPSA) is 44.1 Å². The molecule has 0 saturated carbocycles. The Morgan fingerprint density at radius 1 is 0.893 bits per heavy atom. The van der Waals surface area contributed by atoms with Gasteiger partial charge in [-0.3, -0.25) is 4.79 Å². The van der Waals surface area contributed by atoms with Crippen LogP contribution in [0.4, 0.5) is 5.69 Å². The number of halogens is 1. The Hall–Kier alpha value is -2.90. The summed E-state index contributed by atoms with van der Waals surface area (Å²) < 4.78 is -0.707. The van der Waals surface area contributed by atoms with Gasteiger partial charge in [-0.15, -0.1) is 0 Å². The molecule has 0 atom stereocenters. The van der Waals surface area contributed by atoms with Crippen LogP contribution < -0.4 is 4.90 Å². The number of hydrogen-bond donors (Lipinski definition) is 0. The fourth-order valence-corrected chi connectivity index (χ4v) is 3.42. The van der Waals surface area contributed by atoms with Crippen molar-refractivity contribution in [3.8, 4) is 28.3 Å². The average Bonchev–Trinajstić information content (AvgIpc) is 2.72. The molecule has 0 fully saturated rings. The molecule has 0 bridgehead atoms. The zero-order valence-corrected chi connectivity index (χ0v) is 17.7. The van der Waals surface area contributed by atoms with Crippen molar-refractivity contribution in [3.63, 3.8) is 0 Å². The molecule has 4 heteroatoms. The highest BCUT2D eigenvalue weighted by Gasteiger charge is 2.29.